The van der Waals surface area contributed by atoms with Gasteiger partial charge < -0.3 is 18.4 Å². The van der Waals surface area contributed by atoms with Crippen LogP contribution in [0.5, 0.6) is 0 Å². The van der Waals surface area contributed by atoms with Gasteiger partial charge >= 0.3 is 0 Å². The van der Waals surface area contributed by atoms with Gasteiger partial charge in [-0.2, -0.15) is 0 Å². The van der Waals surface area contributed by atoms with Crippen molar-refractivity contribution in [1.82, 2.24) is 0 Å². The molecule has 0 heterocycles. The van der Waals surface area contributed by atoms with Gasteiger partial charge in [-0.3, -0.25) is 0 Å². The lowest BCUT2D eigenvalue weighted by atomic mass is 10.1. The molecule has 0 N–H and O–H groups in total. The summed E-state index contributed by atoms with van der Waals surface area (Å²) < 4.78 is 12.9. The second kappa shape index (κ2) is 5.96. The van der Waals surface area contributed by atoms with E-state index < -0.39 is 0 Å². The molecule has 0 aromatic heterocycles. The lowest BCUT2D eigenvalue weighted by Gasteiger charge is -2.35. The highest BCUT2D eigenvalue weighted by Crippen LogP contribution is 2.10. The molecule has 16 heavy (non-hydrogen) atoms. The van der Waals surface area contributed by atoms with Crippen molar-refractivity contribution in [3.63, 3.8) is 0 Å². The predicted octanol–water partition coefficient (Wildman–Crippen LogP) is 0.429. The van der Waals surface area contributed by atoms with Gasteiger partial charge in [0.25, 0.3) is 0 Å². The minimum absolute atomic E-state index is 0.141. The van der Waals surface area contributed by atoms with E-state index in [0.717, 1.165) is 22.1 Å². The monoisotopic (exact) mass is 234 g/mol. The number of hydrogen-bond donors (Lipinski definition) is 0. The fourth-order valence-electron chi connectivity index (χ4n) is 1.77. The maximum atomic E-state index is 5.57. The van der Waals surface area contributed by atoms with Crippen LogP contribution in [-0.2, 0) is 9.47 Å². The van der Waals surface area contributed by atoms with E-state index in [1.807, 2.05) is 0 Å². The number of methoxy groups -OCH3 is 2. The van der Waals surface area contributed by atoms with Gasteiger partial charge in [-0.05, 0) is 0 Å². The summed E-state index contributed by atoms with van der Waals surface area (Å²) in [7, 11) is 16.6. The van der Waals surface area contributed by atoms with Crippen molar-refractivity contribution in [2.75, 3.05) is 69.6 Å². The van der Waals surface area contributed by atoms with E-state index >= 15 is 0 Å². The van der Waals surface area contributed by atoms with E-state index in [9.17, 15) is 0 Å². The van der Waals surface area contributed by atoms with Crippen LogP contribution in [0, 0.1) is 0 Å². The zero-order chi connectivity index (χ0) is 13.0. The maximum absolute atomic E-state index is 5.57. The molecule has 0 radical (unpaired) electrons. The van der Waals surface area contributed by atoms with E-state index in [1.165, 1.54) is 0 Å². The zero-order valence-corrected chi connectivity index (χ0v) is 12.3. The normalized spacial score (nSPS) is 17.2. The van der Waals surface area contributed by atoms with Crippen molar-refractivity contribution in [3.05, 3.63) is 0 Å². The van der Waals surface area contributed by atoms with Crippen LogP contribution in [0.3, 0.4) is 0 Å². The summed E-state index contributed by atoms with van der Waals surface area (Å²) in [5.74, 6) is 0. The average Bonchev–Trinajstić information content (AvgIpc) is 2.07. The molecule has 0 saturated carbocycles. The van der Waals surface area contributed by atoms with Crippen molar-refractivity contribution >= 4 is 0 Å². The Kier molecular flexibility index (Phi) is 5.90. The van der Waals surface area contributed by atoms with Crippen LogP contribution in [0.2, 0.25) is 0 Å². The first kappa shape index (κ1) is 15.8. The van der Waals surface area contributed by atoms with Crippen LogP contribution in [-0.4, -0.2) is 90.8 Å². The van der Waals surface area contributed by atoms with Crippen LogP contribution in [0.1, 0.15) is 0 Å². The third-order valence-electron chi connectivity index (χ3n) is 2.48. The third kappa shape index (κ3) is 7.17. The van der Waals surface area contributed by atoms with Crippen molar-refractivity contribution in [2.45, 2.75) is 12.2 Å². The summed E-state index contributed by atoms with van der Waals surface area (Å²) in [5, 5.41) is 0. The predicted molar refractivity (Wildman–Crippen MR) is 67.4 cm³/mol. The Labute approximate surface area is 101 Å². The molecule has 0 fully saturated rings. The number of hydrogen-bond acceptors (Lipinski definition) is 2. The molecule has 98 valence electrons. The van der Waals surface area contributed by atoms with Gasteiger partial charge in [-0.1, -0.05) is 0 Å². The Balaban J connectivity index is 4.51. The highest BCUT2D eigenvalue weighted by Gasteiger charge is 2.31. The number of ether oxygens (including phenoxy) is 2. The molecule has 0 aliphatic heterocycles. The first-order valence-electron chi connectivity index (χ1n) is 5.75. The number of nitrogens with zero attached hydrogens (tertiary/aromatic N) is 2. The second-order valence-electron chi connectivity index (χ2n) is 6.49. The second-order valence-corrected chi connectivity index (χ2v) is 6.49. The number of likely N-dealkylation sites (N-methyl/N-ethyl adjacent to an activating group) is 2. The first-order chi connectivity index (χ1) is 7.09. The fourth-order valence-corrected chi connectivity index (χ4v) is 1.77. The Bertz CT molecular complexity index is 172. The minimum atomic E-state index is 0.141. The topological polar surface area (TPSA) is 18.5 Å². The van der Waals surface area contributed by atoms with Crippen LogP contribution in [0.15, 0.2) is 0 Å². The molecule has 2 atom stereocenters. The van der Waals surface area contributed by atoms with Gasteiger partial charge in [0.15, 0.2) is 0 Å². The zero-order valence-electron chi connectivity index (χ0n) is 12.3. The molecular formula is C12H30N2O2+2. The van der Waals surface area contributed by atoms with Crippen LogP contribution < -0.4 is 0 Å². The standard InChI is InChI=1S/C12H30N2O2/c1-13(2,3)9-11(15-7)12(16-8)10-14(4,5)6/h11-12H,9-10H2,1-8H3/q+2/t11-,12-/m1/s1. The van der Waals surface area contributed by atoms with Gasteiger partial charge in [0.2, 0.25) is 0 Å². The molecule has 0 rings (SSSR count). The van der Waals surface area contributed by atoms with Gasteiger partial charge in [0.1, 0.15) is 25.3 Å². The molecule has 4 nitrogen and oxygen atoms in total. The lowest BCUT2D eigenvalue weighted by molar-refractivity contribution is -0.882. The van der Waals surface area contributed by atoms with Crippen molar-refractivity contribution < 1.29 is 18.4 Å². The van der Waals surface area contributed by atoms with Crippen LogP contribution >= 0.6 is 0 Å². The Morgan fingerprint density at radius 1 is 0.688 bits per heavy atom. The number of quaternary nitrogens is 2. The summed E-state index contributed by atoms with van der Waals surface area (Å²) in [6, 6.07) is 0. The Morgan fingerprint density at radius 3 is 1.06 bits per heavy atom. The SMILES string of the molecule is CO[C@H](C[N+](C)(C)C)[C@@H](C[N+](C)(C)C)OC. The largest absolute Gasteiger partial charge is 0.373 e. The maximum Gasteiger partial charge on any atom is 0.137 e. The molecule has 0 spiro atoms. The summed E-state index contributed by atoms with van der Waals surface area (Å²) in [4.78, 5) is 0. The molecule has 0 aromatic carbocycles. The molecule has 0 bridgehead atoms. The summed E-state index contributed by atoms with van der Waals surface area (Å²) in [6.45, 7) is 1.91. The van der Waals surface area contributed by atoms with Crippen molar-refractivity contribution in [3.8, 4) is 0 Å². The van der Waals surface area contributed by atoms with Gasteiger partial charge in [-0.25, -0.2) is 0 Å². The van der Waals surface area contributed by atoms with Crippen molar-refractivity contribution in [1.29, 1.82) is 0 Å². The number of rotatable bonds is 7. The van der Waals surface area contributed by atoms with E-state index in [4.69, 9.17) is 9.47 Å². The third-order valence-corrected chi connectivity index (χ3v) is 2.48. The summed E-state index contributed by atoms with van der Waals surface area (Å²) in [5.41, 5.74) is 0. The Hall–Kier alpha value is -0.160. The molecule has 0 saturated heterocycles. The molecule has 0 unspecified atom stereocenters. The molecule has 0 amide bonds. The quantitative estimate of drug-likeness (QED) is 0.595. The lowest BCUT2D eigenvalue weighted by Crippen LogP contribution is -2.53. The molecule has 0 aliphatic carbocycles. The molecular weight excluding hydrogens is 204 g/mol. The van der Waals surface area contributed by atoms with Gasteiger partial charge in [-0.15, -0.1) is 0 Å². The summed E-state index contributed by atoms with van der Waals surface area (Å²) >= 11 is 0. The smallest absolute Gasteiger partial charge is 0.137 e. The van der Waals surface area contributed by atoms with Gasteiger partial charge in [0.05, 0.1) is 42.3 Å². The fraction of sp³-hybridized carbons (Fsp3) is 1.00. The molecule has 0 aliphatic rings. The molecule has 0 aromatic rings. The highest BCUT2D eigenvalue weighted by molar-refractivity contribution is 4.69. The van der Waals surface area contributed by atoms with E-state index in [1.54, 1.807) is 14.2 Å². The van der Waals surface area contributed by atoms with Crippen LogP contribution in [0.25, 0.3) is 0 Å². The highest BCUT2D eigenvalue weighted by atomic mass is 16.5. The summed E-state index contributed by atoms with van der Waals surface area (Å²) in [6.07, 6.45) is 0.282. The minimum Gasteiger partial charge on any atom is -0.373 e. The first-order valence-corrected chi connectivity index (χ1v) is 5.75. The van der Waals surface area contributed by atoms with Crippen LogP contribution in [0.4, 0.5) is 0 Å². The van der Waals surface area contributed by atoms with E-state index in [0.29, 0.717) is 0 Å². The molecule has 4 heteroatoms. The Morgan fingerprint density at radius 2 is 0.938 bits per heavy atom. The van der Waals surface area contributed by atoms with Crippen molar-refractivity contribution in [2.24, 2.45) is 0 Å². The van der Waals surface area contributed by atoms with Gasteiger partial charge in [0, 0.05) is 14.2 Å². The van der Waals surface area contributed by atoms with E-state index in [2.05, 4.69) is 42.3 Å². The average molecular weight is 234 g/mol. The van der Waals surface area contributed by atoms with E-state index in [-0.39, 0.29) is 12.2 Å².